The van der Waals surface area contributed by atoms with Crippen molar-refractivity contribution in [2.75, 3.05) is 6.79 Å². The summed E-state index contributed by atoms with van der Waals surface area (Å²) in [6, 6.07) is 1.20. The van der Waals surface area contributed by atoms with Crippen molar-refractivity contribution in [3.63, 3.8) is 0 Å². The summed E-state index contributed by atoms with van der Waals surface area (Å²) in [4.78, 5) is 9.92. The van der Waals surface area contributed by atoms with Crippen LogP contribution in [0.4, 0.5) is 5.69 Å². The van der Waals surface area contributed by atoms with Gasteiger partial charge in [-0.1, -0.05) is 11.6 Å². The van der Waals surface area contributed by atoms with Crippen LogP contribution in [0.2, 0.25) is 5.02 Å². The SMILES string of the molecule is [B]c1c(Cl)c([N+](=O)[O-])cc2c1OCO2. The van der Waals surface area contributed by atoms with Gasteiger partial charge in [-0.3, -0.25) is 10.1 Å². The van der Waals surface area contributed by atoms with E-state index in [1.54, 1.807) is 0 Å². The average Bonchev–Trinajstić information content (AvgIpc) is 2.58. The van der Waals surface area contributed by atoms with Crippen LogP contribution in [0.1, 0.15) is 0 Å². The van der Waals surface area contributed by atoms with Crippen molar-refractivity contribution in [2.45, 2.75) is 0 Å². The van der Waals surface area contributed by atoms with Crippen LogP contribution < -0.4 is 14.9 Å². The summed E-state index contributed by atoms with van der Waals surface area (Å²) in [6.07, 6.45) is 0. The molecule has 14 heavy (non-hydrogen) atoms. The summed E-state index contributed by atoms with van der Waals surface area (Å²) < 4.78 is 9.95. The number of hydrogen-bond donors (Lipinski definition) is 0. The first kappa shape index (κ1) is 9.14. The maximum Gasteiger partial charge on any atom is 0.291 e. The molecular formula is C7H3BClNO4. The van der Waals surface area contributed by atoms with Crippen LogP contribution in [0.15, 0.2) is 6.07 Å². The van der Waals surface area contributed by atoms with E-state index in [1.165, 1.54) is 6.07 Å². The smallest absolute Gasteiger partial charge is 0.291 e. The van der Waals surface area contributed by atoms with Gasteiger partial charge in [0.1, 0.15) is 12.9 Å². The maximum atomic E-state index is 10.5. The van der Waals surface area contributed by atoms with Crippen molar-refractivity contribution < 1.29 is 14.4 Å². The van der Waals surface area contributed by atoms with Crippen molar-refractivity contribution in [2.24, 2.45) is 0 Å². The summed E-state index contributed by atoms with van der Waals surface area (Å²) in [7, 11) is 5.53. The number of nitro benzene ring substituents is 1. The fourth-order valence-electron chi connectivity index (χ4n) is 1.16. The number of rotatable bonds is 1. The van der Waals surface area contributed by atoms with Crippen LogP contribution >= 0.6 is 11.6 Å². The quantitative estimate of drug-likeness (QED) is 0.391. The molecule has 0 aliphatic carbocycles. The summed E-state index contributed by atoms with van der Waals surface area (Å²) in [5.74, 6) is 0.513. The molecule has 0 saturated heterocycles. The number of fused-ring (bicyclic) bond motifs is 1. The van der Waals surface area contributed by atoms with Crippen LogP contribution in [-0.4, -0.2) is 19.6 Å². The molecule has 0 aromatic heterocycles. The fourth-order valence-corrected chi connectivity index (χ4v) is 1.37. The second-order valence-electron chi connectivity index (χ2n) is 2.61. The van der Waals surface area contributed by atoms with E-state index in [-0.39, 0.29) is 34.5 Å². The molecule has 1 heterocycles. The van der Waals surface area contributed by atoms with Crippen molar-refractivity contribution in [1.82, 2.24) is 0 Å². The summed E-state index contributed by atoms with van der Waals surface area (Å²) in [5, 5.41) is 10.4. The van der Waals surface area contributed by atoms with Gasteiger partial charge in [-0.05, 0) is 5.46 Å². The van der Waals surface area contributed by atoms with Crippen LogP contribution in [0.5, 0.6) is 11.5 Å². The summed E-state index contributed by atoms with van der Waals surface area (Å²) >= 11 is 5.67. The van der Waals surface area contributed by atoms with Crippen LogP contribution in [0.3, 0.4) is 0 Å². The Morgan fingerprint density at radius 3 is 2.93 bits per heavy atom. The van der Waals surface area contributed by atoms with Crippen LogP contribution in [0, 0.1) is 10.1 Å². The molecule has 0 spiro atoms. The molecule has 0 N–H and O–H groups in total. The van der Waals surface area contributed by atoms with Crippen LogP contribution in [-0.2, 0) is 0 Å². The van der Waals surface area contributed by atoms with Gasteiger partial charge >= 0.3 is 0 Å². The minimum Gasteiger partial charge on any atom is -0.454 e. The molecule has 1 aliphatic rings. The molecule has 0 fully saturated rings. The highest BCUT2D eigenvalue weighted by Gasteiger charge is 2.25. The Morgan fingerprint density at radius 1 is 1.57 bits per heavy atom. The molecule has 0 saturated carbocycles. The van der Waals surface area contributed by atoms with Gasteiger partial charge in [-0.2, -0.15) is 0 Å². The zero-order chi connectivity index (χ0) is 10.3. The third-order valence-corrected chi connectivity index (χ3v) is 2.21. The number of nitrogens with zero attached hydrogens (tertiary/aromatic N) is 1. The van der Waals surface area contributed by atoms with Gasteiger partial charge in [0.15, 0.2) is 11.5 Å². The van der Waals surface area contributed by atoms with Crippen molar-refractivity contribution in [3.8, 4) is 11.5 Å². The highest BCUT2D eigenvalue weighted by atomic mass is 35.5. The summed E-state index contributed by atoms with van der Waals surface area (Å²) in [5.41, 5.74) is -0.248. The highest BCUT2D eigenvalue weighted by Crippen LogP contribution is 2.37. The molecule has 5 nitrogen and oxygen atoms in total. The Labute approximate surface area is 85.1 Å². The number of nitro groups is 1. The Morgan fingerprint density at radius 2 is 2.29 bits per heavy atom. The lowest BCUT2D eigenvalue weighted by Gasteiger charge is -2.03. The average molecular weight is 211 g/mol. The zero-order valence-corrected chi connectivity index (χ0v) is 7.58. The van der Waals surface area contributed by atoms with Gasteiger partial charge in [-0.25, -0.2) is 0 Å². The highest BCUT2D eigenvalue weighted by molar-refractivity contribution is 6.47. The zero-order valence-electron chi connectivity index (χ0n) is 6.82. The molecule has 2 radical (unpaired) electrons. The topological polar surface area (TPSA) is 61.6 Å². The van der Waals surface area contributed by atoms with Gasteiger partial charge in [0, 0.05) is 0 Å². The Bertz CT molecular complexity index is 423. The molecule has 0 atom stereocenters. The molecule has 70 valence electrons. The van der Waals surface area contributed by atoms with E-state index in [9.17, 15) is 10.1 Å². The number of benzene rings is 1. The molecule has 1 aromatic carbocycles. The first-order chi connectivity index (χ1) is 6.61. The first-order valence-corrected chi connectivity index (χ1v) is 4.01. The van der Waals surface area contributed by atoms with Gasteiger partial charge < -0.3 is 9.47 Å². The molecule has 1 aromatic rings. The predicted octanol–water partition coefficient (Wildman–Crippen LogP) is 0.771. The van der Waals surface area contributed by atoms with E-state index in [0.29, 0.717) is 0 Å². The van der Waals surface area contributed by atoms with E-state index >= 15 is 0 Å². The Hall–Kier alpha value is -1.43. The molecular weight excluding hydrogens is 208 g/mol. The minimum absolute atomic E-state index is 0.00295. The van der Waals surface area contributed by atoms with Crippen LogP contribution in [0.25, 0.3) is 0 Å². The molecule has 1 aliphatic heterocycles. The first-order valence-electron chi connectivity index (χ1n) is 3.63. The minimum atomic E-state index is -0.624. The van der Waals surface area contributed by atoms with E-state index in [2.05, 4.69) is 0 Å². The third kappa shape index (κ3) is 1.19. The maximum absolute atomic E-state index is 10.5. The predicted molar refractivity (Wildman–Crippen MR) is 49.6 cm³/mol. The van der Waals surface area contributed by atoms with E-state index < -0.39 is 4.92 Å². The monoisotopic (exact) mass is 211 g/mol. The lowest BCUT2D eigenvalue weighted by atomic mass is 9.94. The third-order valence-electron chi connectivity index (χ3n) is 1.81. The number of halogens is 1. The molecule has 0 unspecified atom stereocenters. The second kappa shape index (κ2) is 3.06. The normalized spacial score (nSPS) is 12.9. The van der Waals surface area contributed by atoms with E-state index in [1.807, 2.05) is 0 Å². The Kier molecular flexibility index (Phi) is 2.00. The molecule has 0 bridgehead atoms. The lowest BCUT2D eigenvalue weighted by molar-refractivity contribution is -0.384. The Balaban J connectivity index is 2.67. The molecule has 2 rings (SSSR count). The second-order valence-corrected chi connectivity index (χ2v) is 2.99. The van der Waals surface area contributed by atoms with Gasteiger partial charge in [0.2, 0.25) is 6.79 Å². The fraction of sp³-hybridized carbons (Fsp3) is 0.143. The molecule has 7 heteroatoms. The largest absolute Gasteiger partial charge is 0.454 e. The number of hydrogen-bond acceptors (Lipinski definition) is 4. The summed E-state index contributed by atoms with van der Waals surface area (Å²) in [6.45, 7) is -0.00295. The molecule has 0 amide bonds. The number of ether oxygens (including phenoxy) is 2. The van der Waals surface area contributed by atoms with Crippen molar-refractivity contribution in [1.29, 1.82) is 0 Å². The van der Waals surface area contributed by atoms with E-state index in [0.717, 1.165) is 0 Å². The van der Waals surface area contributed by atoms with E-state index in [4.69, 9.17) is 28.9 Å². The van der Waals surface area contributed by atoms with Gasteiger partial charge in [-0.15, -0.1) is 0 Å². The lowest BCUT2D eigenvalue weighted by Crippen LogP contribution is -2.09. The van der Waals surface area contributed by atoms with Gasteiger partial charge in [0.25, 0.3) is 5.69 Å². The van der Waals surface area contributed by atoms with Gasteiger partial charge in [0.05, 0.1) is 11.0 Å². The van der Waals surface area contributed by atoms with Crippen molar-refractivity contribution >= 4 is 30.6 Å². The van der Waals surface area contributed by atoms with Crippen molar-refractivity contribution in [3.05, 3.63) is 21.2 Å². The standard InChI is InChI=1S/C7H3BClNO4/c8-5-6(9)3(10(11)12)1-4-7(5)14-2-13-4/h1H,2H2.